The van der Waals surface area contributed by atoms with Crippen molar-refractivity contribution in [1.82, 2.24) is 0 Å². The fraction of sp³-hybridized carbons (Fsp3) is 0.333. The molecule has 0 atom stereocenters. The van der Waals surface area contributed by atoms with Crippen molar-refractivity contribution in [3.63, 3.8) is 0 Å². The molecule has 1 aliphatic carbocycles. The van der Waals surface area contributed by atoms with E-state index in [0.29, 0.717) is 11.4 Å². The molecule has 0 aliphatic heterocycles. The molecule has 0 unspecified atom stereocenters. The largest absolute Gasteiger partial charge is 0.351 e. The molecule has 5 nitrogen and oxygen atoms in total. The van der Waals surface area contributed by atoms with Crippen LogP contribution in [0.25, 0.3) is 0 Å². The third-order valence-electron chi connectivity index (χ3n) is 4.88. The molecule has 3 rings (SSSR count). The van der Waals surface area contributed by atoms with E-state index in [1.807, 2.05) is 0 Å². The molecule has 1 aliphatic rings. The highest BCUT2D eigenvalue weighted by molar-refractivity contribution is 6.02. The molecule has 2 aromatic rings. The molecule has 0 aromatic heterocycles. The van der Waals surface area contributed by atoms with Gasteiger partial charge in [-0.05, 0) is 47.6 Å². The Morgan fingerprint density at radius 2 is 1.54 bits per heavy atom. The van der Waals surface area contributed by atoms with Gasteiger partial charge in [0.25, 0.3) is 0 Å². The van der Waals surface area contributed by atoms with Crippen LogP contribution >= 0.6 is 0 Å². The minimum atomic E-state index is -0.633. The molecule has 0 heterocycles. The van der Waals surface area contributed by atoms with Gasteiger partial charge in [0.15, 0.2) is 0 Å². The summed E-state index contributed by atoms with van der Waals surface area (Å²) in [6.45, 7) is 6.53. The molecule has 136 valence electrons. The number of anilines is 2. The monoisotopic (exact) mass is 351 g/mol. The number of rotatable bonds is 4. The maximum atomic E-state index is 12.9. The second-order valence-corrected chi connectivity index (χ2v) is 7.93. The minimum Gasteiger partial charge on any atom is -0.351 e. The molecular formula is C21H25N3O2. The summed E-state index contributed by atoms with van der Waals surface area (Å²) in [5, 5.41) is 5.48. The molecule has 0 spiro atoms. The Balaban J connectivity index is 1.76. The SMILES string of the molecule is CC(C)(C)c1ccc(C2(C(=O)Nc3cccc(NC(N)=O)c3)CC2)cc1. The van der Waals surface area contributed by atoms with Gasteiger partial charge in [0, 0.05) is 11.4 Å². The third-order valence-corrected chi connectivity index (χ3v) is 4.88. The van der Waals surface area contributed by atoms with Gasteiger partial charge in [-0.25, -0.2) is 4.79 Å². The fourth-order valence-electron chi connectivity index (χ4n) is 3.13. The second-order valence-electron chi connectivity index (χ2n) is 7.93. The van der Waals surface area contributed by atoms with Crippen molar-refractivity contribution >= 4 is 23.3 Å². The lowest BCUT2D eigenvalue weighted by molar-refractivity contribution is -0.118. The van der Waals surface area contributed by atoms with Crippen molar-refractivity contribution in [2.45, 2.75) is 44.4 Å². The maximum Gasteiger partial charge on any atom is 0.316 e. The molecule has 26 heavy (non-hydrogen) atoms. The minimum absolute atomic E-state index is 0.0165. The van der Waals surface area contributed by atoms with E-state index in [9.17, 15) is 9.59 Å². The summed E-state index contributed by atoms with van der Waals surface area (Å²) in [7, 11) is 0. The predicted molar refractivity (Wildman–Crippen MR) is 104 cm³/mol. The Labute approximate surface area is 154 Å². The number of hydrogen-bond donors (Lipinski definition) is 3. The van der Waals surface area contributed by atoms with Crippen molar-refractivity contribution in [1.29, 1.82) is 0 Å². The van der Waals surface area contributed by atoms with Crippen LogP contribution in [0, 0.1) is 0 Å². The lowest BCUT2D eigenvalue weighted by atomic mass is 9.85. The maximum absolute atomic E-state index is 12.9. The number of amides is 3. The Hall–Kier alpha value is -2.82. The topological polar surface area (TPSA) is 84.2 Å². The lowest BCUT2D eigenvalue weighted by Crippen LogP contribution is -2.28. The van der Waals surface area contributed by atoms with Gasteiger partial charge < -0.3 is 16.4 Å². The van der Waals surface area contributed by atoms with E-state index in [-0.39, 0.29) is 11.3 Å². The molecule has 5 heteroatoms. The molecule has 0 bridgehead atoms. The number of carbonyl (C=O) groups excluding carboxylic acids is 2. The van der Waals surface area contributed by atoms with Crippen LogP contribution in [0.5, 0.6) is 0 Å². The number of carbonyl (C=O) groups is 2. The highest BCUT2D eigenvalue weighted by Gasteiger charge is 2.51. The number of primary amides is 1. The third kappa shape index (κ3) is 3.72. The summed E-state index contributed by atoms with van der Waals surface area (Å²) in [6.07, 6.45) is 1.68. The van der Waals surface area contributed by atoms with E-state index >= 15 is 0 Å². The molecule has 4 N–H and O–H groups in total. The second kappa shape index (κ2) is 6.48. The van der Waals surface area contributed by atoms with Crippen LogP contribution in [0.15, 0.2) is 48.5 Å². The predicted octanol–water partition coefficient (Wildman–Crippen LogP) is 4.15. The van der Waals surface area contributed by atoms with Crippen LogP contribution in [0.4, 0.5) is 16.2 Å². The standard InChI is InChI=1S/C21H25N3O2/c1-20(2,3)14-7-9-15(10-8-14)21(11-12-21)18(25)23-16-5-4-6-17(13-16)24-19(22)26/h4-10,13H,11-12H2,1-3H3,(H,23,25)(H3,22,24,26). The zero-order valence-corrected chi connectivity index (χ0v) is 15.4. The molecular weight excluding hydrogens is 326 g/mol. The van der Waals surface area contributed by atoms with E-state index in [4.69, 9.17) is 5.73 Å². The number of nitrogens with one attached hydrogen (secondary N) is 2. The molecule has 1 saturated carbocycles. The summed E-state index contributed by atoms with van der Waals surface area (Å²) in [5.74, 6) is -0.0165. The smallest absolute Gasteiger partial charge is 0.316 e. The van der Waals surface area contributed by atoms with E-state index in [2.05, 4.69) is 55.7 Å². The Morgan fingerprint density at radius 1 is 0.962 bits per heavy atom. The van der Waals surface area contributed by atoms with Gasteiger partial charge in [-0.15, -0.1) is 0 Å². The first-order chi connectivity index (χ1) is 12.2. The van der Waals surface area contributed by atoms with Crippen LogP contribution in [0.3, 0.4) is 0 Å². The summed E-state index contributed by atoms with van der Waals surface area (Å²) in [6, 6.07) is 14.7. The van der Waals surface area contributed by atoms with Gasteiger partial charge >= 0.3 is 6.03 Å². The zero-order valence-electron chi connectivity index (χ0n) is 15.4. The summed E-state index contributed by atoms with van der Waals surface area (Å²) < 4.78 is 0. The van der Waals surface area contributed by atoms with E-state index in [1.54, 1.807) is 24.3 Å². The number of hydrogen-bond acceptors (Lipinski definition) is 2. The van der Waals surface area contributed by atoms with Crippen LogP contribution in [0.1, 0.15) is 44.7 Å². The van der Waals surface area contributed by atoms with Gasteiger partial charge in [-0.1, -0.05) is 51.1 Å². The average molecular weight is 351 g/mol. The van der Waals surface area contributed by atoms with Gasteiger partial charge in [0.05, 0.1) is 5.41 Å². The molecule has 1 fully saturated rings. The first kappa shape index (κ1) is 18.0. The lowest BCUT2D eigenvalue weighted by Gasteiger charge is -2.21. The average Bonchev–Trinajstić information content (AvgIpc) is 3.36. The van der Waals surface area contributed by atoms with Crippen molar-refractivity contribution in [3.8, 4) is 0 Å². The van der Waals surface area contributed by atoms with Crippen LogP contribution < -0.4 is 16.4 Å². The van der Waals surface area contributed by atoms with Gasteiger partial charge in [0.1, 0.15) is 0 Å². The molecule has 0 saturated heterocycles. The van der Waals surface area contributed by atoms with Crippen LogP contribution in [-0.4, -0.2) is 11.9 Å². The summed E-state index contributed by atoms with van der Waals surface area (Å²) in [4.78, 5) is 23.9. The highest BCUT2D eigenvalue weighted by atomic mass is 16.2. The van der Waals surface area contributed by atoms with Gasteiger partial charge in [0.2, 0.25) is 5.91 Å². The highest BCUT2D eigenvalue weighted by Crippen LogP contribution is 2.49. The summed E-state index contributed by atoms with van der Waals surface area (Å²) >= 11 is 0. The summed E-state index contributed by atoms with van der Waals surface area (Å²) in [5.41, 5.74) is 8.26. The van der Waals surface area contributed by atoms with E-state index in [0.717, 1.165) is 18.4 Å². The van der Waals surface area contributed by atoms with Crippen molar-refractivity contribution in [3.05, 3.63) is 59.7 Å². The Morgan fingerprint density at radius 3 is 2.04 bits per heavy atom. The van der Waals surface area contributed by atoms with Crippen LogP contribution in [0.2, 0.25) is 0 Å². The first-order valence-electron chi connectivity index (χ1n) is 8.80. The molecule has 3 amide bonds. The number of nitrogens with two attached hydrogens (primary N) is 1. The van der Waals surface area contributed by atoms with Crippen LogP contribution in [-0.2, 0) is 15.6 Å². The van der Waals surface area contributed by atoms with E-state index in [1.165, 1.54) is 5.56 Å². The fourth-order valence-corrected chi connectivity index (χ4v) is 3.13. The quantitative estimate of drug-likeness (QED) is 0.773. The zero-order chi connectivity index (χ0) is 18.9. The Kier molecular flexibility index (Phi) is 4.48. The molecule has 2 aromatic carbocycles. The normalized spacial score (nSPS) is 15.2. The number of urea groups is 1. The first-order valence-corrected chi connectivity index (χ1v) is 8.80. The van der Waals surface area contributed by atoms with Crippen molar-refractivity contribution in [2.24, 2.45) is 5.73 Å². The molecule has 0 radical (unpaired) electrons. The Bertz CT molecular complexity index is 831. The number of benzene rings is 2. The van der Waals surface area contributed by atoms with Crippen molar-refractivity contribution in [2.75, 3.05) is 10.6 Å². The van der Waals surface area contributed by atoms with Crippen molar-refractivity contribution < 1.29 is 9.59 Å². The van der Waals surface area contributed by atoms with Gasteiger partial charge in [-0.2, -0.15) is 0 Å². The van der Waals surface area contributed by atoms with E-state index < -0.39 is 11.4 Å². The van der Waals surface area contributed by atoms with Gasteiger partial charge in [-0.3, -0.25) is 4.79 Å².